The van der Waals surface area contributed by atoms with Gasteiger partial charge < -0.3 is 29.4 Å². The molecule has 8 nitrogen and oxygen atoms in total. The van der Waals surface area contributed by atoms with Gasteiger partial charge in [-0.2, -0.15) is 0 Å². The molecule has 1 aromatic heterocycles. The van der Waals surface area contributed by atoms with Gasteiger partial charge >= 0.3 is 5.97 Å². The molecule has 0 aliphatic rings. The monoisotopic (exact) mass is 544 g/mol. The molecule has 8 heteroatoms. The number of pyridine rings is 1. The van der Waals surface area contributed by atoms with Crippen LogP contribution in [0.2, 0.25) is 0 Å². The van der Waals surface area contributed by atoms with E-state index >= 15 is 0 Å². The first-order chi connectivity index (χ1) is 18.9. The lowest BCUT2D eigenvalue weighted by Gasteiger charge is -2.32. The van der Waals surface area contributed by atoms with Crippen LogP contribution in [0.15, 0.2) is 72.9 Å². The van der Waals surface area contributed by atoms with Crippen LogP contribution in [-0.2, 0) is 9.53 Å². The first kappa shape index (κ1) is 28.7. The zero-order valence-electron chi connectivity index (χ0n) is 23.8. The number of ether oxygens (including phenoxy) is 4. The van der Waals surface area contributed by atoms with Gasteiger partial charge in [0, 0.05) is 41.5 Å². The summed E-state index contributed by atoms with van der Waals surface area (Å²) >= 11 is 0. The van der Waals surface area contributed by atoms with Crippen LogP contribution in [0.1, 0.15) is 39.7 Å². The number of carboxylic acids is 1. The van der Waals surface area contributed by atoms with E-state index in [-0.39, 0.29) is 13.0 Å². The predicted molar refractivity (Wildman–Crippen MR) is 156 cm³/mol. The van der Waals surface area contributed by atoms with Gasteiger partial charge in [0.05, 0.1) is 25.7 Å². The summed E-state index contributed by atoms with van der Waals surface area (Å²) < 4.78 is 23.9. The number of fused-ring (bicyclic) bond motifs is 1. The molecular formula is C32H36N2O6. The minimum atomic E-state index is -0.914. The summed E-state index contributed by atoms with van der Waals surface area (Å²) in [6.07, 6.45) is 1.58. The fourth-order valence-corrected chi connectivity index (χ4v) is 4.28. The third kappa shape index (κ3) is 7.64. The quantitative estimate of drug-likeness (QED) is 0.189. The molecule has 1 heterocycles. The molecule has 40 heavy (non-hydrogen) atoms. The number of aliphatic carboxylic acids is 1. The number of carboxylic acid groups (broad SMARTS) is 1. The molecule has 210 valence electrons. The van der Waals surface area contributed by atoms with Crippen LogP contribution >= 0.6 is 0 Å². The molecule has 0 bridgehead atoms. The highest BCUT2D eigenvalue weighted by atomic mass is 16.6. The Morgan fingerprint density at radius 3 is 2.35 bits per heavy atom. The molecule has 0 radical (unpaired) electrons. The molecular weight excluding hydrogens is 508 g/mol. The SMILES string of the molecule is COc1cc(Nc2cc(Oc3ccc(C)c4ccccc34)ccn2)cc(OC(C)(C)COC(C)(C)CC(=O)O)c1. The van der Waals surface area contributed by atoms with Gasteiger partial charge in [-0.1, -0.05) is 30.3 Å². The molecule has 2 N–H and O–H groups in total. The number of benzene rings is 3. The first-order valence-corrected chi connectivity index (χ1v) is 13.1. The van der Waals surface area contributed by atoms with Crippen LogP contribution in [0.3, 0.4) is 0 Å². The Morgan fingerprint density at radius 1 is 0.900 bits per heavy atom. The maximum absolute atomic E-state index is 11.1. The van der Waals surface area contributed by atoms with Gasteiger partial charge in [-0.3, -0.25) is 4.79 Å². The van der Waals surface area contributed by atoms with E-state index in [1.54, 1.807) is 33.2 Å². The number of methoxy groups -OCH3 is 1. The van der Waals surface area contributed by atoms with E-state index in [0.29, 0.717) is 28.8 Å². The minimum absolute atomic E-state index is 0.105. The Bertz CT molecular complexity index is 1500. The van der Waals surface area contributed by atoms with Crippen LogP contribution in [-0.4, -0.2) is 41.0 Å². The molecule has 0 aliphatic carbocycles. The molecule has 0 atom stereocenters. The first-order valence-electron chi connectivity index (χ1n) is 13.1. The Hall–Kier alpha value is -4.30. The molecule has 4 aromatic rings. The number of anilines is 2. The number of hydrogen-bond acceptors (Lipinski definition) is 7. The molecule has 0 fully saturated rings. The van der Waals surface area contributed by atoms with Gasteiger partial charge in [-0.15, -0.1) is 0 Å². The van der Waals surface area contributed by atoms with Crippen LogP contribution in [0.25, 0.3) is 10.8 Å². The fourth-order valence-electron chi connectivity index (χ4n) is 4.28. The fraction of sp³-hybridized carbons (Fsp3) is 0.312. The lowest BCUT2D eigenvalue weighted by molar-refractivity contribution is -0.147. The second-order valence-corrected chi connectivity index (χ2v) is 10.9. The molecule has 0 saturated carbocycles. The highest BCUT2D eigenvalue weighted by Gasteiger charge is 2.28. The third-order valence-corrected chi connectivity index (χ3v) is 6.23. The molecule has 0 saturated heterocycles. The number of aromatic nitrogens is 1. The Balaban J connectivity index is 1.50. The zero-order chi connectivity index (χ0) is 28.9. The van der Waals surface area contributed by atoms with Crippen molar-refractivity contribution in [2.75, 3.05) is 19.0 Å². The van der Waals surface area contributed by atoms with E-state index in [1.807, 2.05) is 56.3 Å². The topological polar surface area (TPSA) is 99.1 Å². The normalized spacial score (nSPS) is 11.8. The Labute approximate surface area is 234 Å². The van der Waals surface area contributed by atoms with Crippen molar-refractivity contribution in [1.29, 1.82) is 0 Å². The van der Waals surface area contributed by atoms with Crippen LogP contribution in [0, 0.1) is 6.92 Å². The average molecular weight is 545 g/mol. The molecule has 4 rings (SSSR count). The summed E-state index contributed by atoms with van der Waals surface area (Å²) in [5.41, 5.74) is 0.344. The zero-order valence-corrected chi connectivity index (χ0v) is 23.8. The number of hydrogen-bond donors (Lipinski definition) is 2. The summed E-state index contributed by atoms with van der Waals surface area (Å²) in [5.74, 6) is 2.25. The second kappa shape index (κ2) is 11.8. The molecule has 0 unspecified atom stereocenters. The van der Waals surface area contributed by atoms with Crippen molar-refractivity contribution >= 4 is 28.2 Å². The van der Waals surface area contributed by atoms with E-state index in [9.17, 15) is 4.79 Å². The van der Waals surface area contributed by atoms with Crippen molar-refractivity contribution in [3.8, 4) is 23.0 Å². The van der Waals surface area contributed by atoms with Crippen LogP contribution < -0.4 is 19.5 Å². The van der Waals surface area contributed by atoms with E-state index in [4.69, 9.17) is 24.1 Å². The number of carbonyl (C=O) groups is 1. The summed E-state index contributed by atoms with van der Waals surface area (Å²) in [7, 11) is 1.59. The minimum Gasteiger partial charge on any atom is -0.497 e. The summed E-state index contributed by atoms with van der Waals surface area (Å²) in [4.78, 5) is 15.6. The van der Waals surface area contributed by atoms with Crippen molar-refractivity contribution in [3.63, 3.8) is 0 Å². The molecule has 3 aromatic carbocycles. The number of nitrogens with one attached hydrogen (secondary N) is 1. The largest absolute Gasteiger partial charge is 0.497 e. The highest BCUT2D eigenvalue weighted by Crippen LogP contribution is 2.34. The summed E-state index contributed by atoms with van der Waals surface area (Å²) in [6.45, 7) is 9.54. The maximum Gasteiger partial charge on any atom is 0.306 e. The Kier molecular flexibility index (Phi) is 8.49. The standard InChI is InChI=1S/C32H36N2O6/c1-21-11-12-28(27-10-8-7-9-26(21)27)39-23-13-14-33-29(18-23)34-22-15-24(37-6)17-25(16-22)40-32(4,5)20-38-31(2,3)19-30(35)36/h7-18H,19-20H2,1-6H3,(H,33,34)(H,35,36). The van der Waals surface area contributed by atoms with E-state index in [1.165, 1.54) is 5.56 Å². The van der Waals surface area contributed by atoms with Crippen LogP contribution in [0.5, 0.6) is 23.0 Å². The van der Waals surface area contributed by atoms with Gasteiger partial charge in [0.25, 0.3) is 0 Å². The van der Waals surface area contributed by atoms with Gasteiger partial charge in [0.15, 0.2) is 0 Å². The highest BCUT2D eigenvalue weighted by molar-refractivity contribution is 5.91. The summed E-state index contributed by atoms with van der Waals surface area (Å²) in [6, 6.07) is 21.3. The Morgan fingerprint density at radius 2 is 1.62 bits per heavy atom. The maximum atomic E-state index is 11.1. The van der Waals surface area contributed by atoms with Gasteiger partial charge in [0.2, 0.25) is 0 Å². The number of rotatable bonds is 12. The summed E-state index contributed by atoms with van der Waals surface area (Å²) in [5, 5.41) is 14.6. The van der Waals surface area contributed by atoms with Crippen molar-refractivity contribution in [2.45, 2.75) is 52.2 Å². The molecule has 0 aliphatic heterocycles. The van der Waals surface area contributed by atoms with Crippen molar-refractivity contribution in [3.05, 3.63) is 78.5 Å². The van der Waals surface area contributed by atoms with Gasteiger partial charge in [0.1, 0.15) is 34.4 Å². The van der Waals surface area contributed by atoms with E-state index in [2.05, 4.69) is 35.4 Å². The van der Waals surface area contributed by atoms with Crippen molar-refractivity contribution in [2.24, 2.45) is 0 Å². The molecule has 0 amide bonds. The van der Waals surface area contributed by atoms with E-state index < -0.39 is 17.2 Å². The lowest BCUT2D eigenvalue weighted by Crippen LogP contribution is -2.39. The number of aryl methyl sites for hydroxylation is 1. The van der Waals surface area contributed by atoms with Crippen molar-refractivity contribution < 1.29 is 28.8 Å². The average Bonchev–Trinajstić information content (AvgIpc) is 2.89. The smallest absolute Gasteiger partial charge is 0.306 e. The second-order valence-electron chi connectivity index (χ2n) is 10.9. The van der Waals surface area contributed by atoms with Gasteiger partial charge in [-0.25, -0.2) is 4.98 Å². The van der Waals surface area contributed by atoms with Crippen LogP contribution in [0.4, 0.5) is 11.5 Å². The van der Waals surface area contributed by atoms with Gasteiger partial charge in [-0.05, 0) is 57.7 Å². The van der Waals surface area contributed by atoms with Crippen molar-refractivity contribution in [1.82, 2.24) is 4.98 Å². The van der Waals surface area contributed by atoms with E-state index in [0.717, 1.165) is 16.5 Å². The number of nitrogens with zero attached hydrogens (tertiary/aromatic N) is 1. The third-order valence-electron chi connectivity index (χ3n) is 6.23. The predicted octanol–water partition coefficient (Wildman–Crippen LogP) is 7.52. The lowest BCUT2D eigenvalue weighted by atomic mass is 10.0. The molecule has 0 spiro atoms.